The molecule has 0 aromatic heterocycles. The summed E-state index contributed by atoms with van der Waals surface area (Å²) in [6.45, 7) is 8.77. The molecule has 0 unspecified atom stereocenters. The van der Waals surface area contributed by atoms with Gasteiger partial charge in [-0.2, -0.15) is 0 Å². The van der Waals surface area contributed by atoms with Gasteiger partial charge < -0.3 is 18.9 Å². The summed E-state index contributed by atoms with van der Waals surface area (Å²) in [5.74, 6) is 0.444. The van der Waals surface area contributed by atoms with E-state index >= 15 is 0 Å². The van der Waals surface area contributed by atoms with Crippen LogP contribution in [0.25, 0.3) is 21.5 Å². The van der Waals surface area contributed by atoms with Gasteiger partial charge in [0.25, 0.3) is 0 Å². The first kappa shape index (κ1) is 27.3. The largest absolute Gasteiger partial charge is 0.481 e. The molecule has 0 atom stereocenters. The molecule has 3 aromatic carbocycles. The van der Waals surface area contributed by atoms with Gasteiger partial charge in [0.2, 0.25) is 0 Å². The number of aryl methyl sites for hydroxylation is 2. The normalized spacial score (nSPS) is 11.0. The van der Waals surface area contributed by atoms with Crippen LogP contribution in [0.5, 0.6) is 11.5 Å². The number of benzene rings is 3. The summed E-state index contributed by atoms with van der Waals surface area (Å²) in [5, 5.41) is 3.32. The molecule has 0 aliphatic carbocycles. The van der Waals surface area contributed by atoms with Gasteiger partial charge in [-0.1, -0.05) is 64.8 Å². The highest BCUT2D eigenvalue weighted by atomic mass is 16.6. The highest BCUT2D eigenvalue weighted by Gasteiger charge is 2.20. The maximum absolute atomic E-state index is 12.3. The fourth-order valence-corrected chi connectivity index (χ4v) is 4.21. The minimum atomic E-state index is -0.392. The molecule has 0 heterocycles. The molecule has 6 heteroatoms. The summed E-state index contributed by atoms with van der Waals surface area (Å²) < 4.78 is 22.8. The Kier molecular flexibility index (Phi) is 10.4. The summed E-state index contributed by atoms with van der Waals surface area (Å²) in [6.07, 6.45) is 5.29. The summed E-state index contributed by atoms with van der Waals surface area (Å²) in [5.41, 5.74) is 2.42. The van der Waals surface area contributed by atoms with Crippen molar-refractivity contribution in [2.45, 2.75) is 66.2 Å². The molecule has 3 rings (SSSR count). The quantitative estimate of drug-likeness (QED) is 0.144. The van der Waals surface area contributed by atoms with Gasteiger partial charge in [0.05, 0.1) is 13.2 Å². The van der Waals surface area contributed by atoms with E-state index in [4.69, 9.17) is 18.9 Å². The fraction of sp³-hybridized carbons (Fsp3) is 0.467. The first-order chi connectivity index (χ1) is 17.5. The van der Waals surface area contributed by atoms with Crippen molar-refractivity contribution in [2.75, 3.05) is 26.4 Å². The number of rotatable bonds is 14. The SMILES string of the molecule is CCCCOC(=O)COc1c2ccccc2c(OCC(=O)OCCCC)c2cc(CC)c(CC)cc12. The van der Waals surface area contributed by atoms with Crippen LogP contribution in [0.4, 0.5) is 0 Å². The molecule has 6 nitrogen and oxygen atoms in total. The van der Waals surface area contributed by atoms with Gasteiger partial charge in [-0.25, -0.2) is 9.59 Å². The number of fused-ring (bicyclic) bond motifs is 2. The zero-order valence-electron chi connectivity index (χ0n) is 22.0. The lowest BCUT2D eigenvalue weighted by molar-refractivity contribution is -0.146. The highest BCUT2D eigenvalue weighted by Crippen LogP contribution is 2.44. The first-order valence-corrected chi connectivity index (χ1v) is 13.1. The number of unbranched alkanes of at least 4 members (excludes halogenated alkanes) is 2. The van der Waals surface area contributed by atoms with E-state index < -0.39 is 11.9 Å². The zero-order chi connectivity index (χ0) is 25.9. The molecule has 0 aliphatic heterocycles. The smallest absolute Gasteiger partial charge is 0.344 e. The van der Waals surface area contributed by atoms with E-state index in [2.05, 4.69) is 26.0 Å². The Labute approximate surface area is 213 Å². The van der Waals surface area contributed by atoms with Crippen molar-refractivity contribution in [1.29, 1.82) is 0 Å². The van der Waals surface area contributed by atoms with Crippen LogP contribution in [0, 0.1) is 0 Å². The summed E-state index contributed by atoms with van der Waals surface area (Å²) in [7, 11) is 0. The third-order valence-electron chi connectivity index (χ3n) is 6.20. The number of hydrogen-bond donors (Lipinski definition) is 0. The number of carbonyl (C=O) groups excluding carboxylic acids is 2. The number of ether oxygens (including phenoxy) is 4. The van der Waals surface area contributed by atoms with Crippen molar-refractivity contribution in [1.82, 2.24) is 0 Å². The topological polar surface area (TPSA) is 71.1 Å². The third-order valence-corrected chi connectivity index (χ3v) is 6.20. The minimum absolute atomic E-state index is 0.177. The van der Waals surface area contributed by atoms with Gasteiger partial charge >= 0.3 is 11.9 Å². The lowest BCUT2D eigenvalue weighted by Crippen LogP contribution is -2.17. The van der Waals surface area contributed by atoms with Crippen molar-refractivity contribution < 1.29 is 28.5 Å². The molecule has 0 saturated heterocycles. The fourth-order valence-electron chi connectivity index (χ4n) is 4.21. The van der Waals surface area contributed by atoms with Crippen molar-refractivity contribution in [3.63, 3.8) is 0 Å². The molecule has 0 bridgehead atoms. The molecule has 0 saturated carbocycles. The summed E-state index contributed by atoms with van der Waals surface area (Å²) in [6, 6.07) is 12.0. The molecule has 36 heavy (non-hydrogen) atoms. The zero-order valence-corrected chi connectivity index (χ0v) is 22.0. The second-order valence-electron chi connectivity index (χ2n) is 8.80. The van der Waals surface area contributed by atoms with Crippen molar-refractivity contribution in [3.05, 3.63) is 47.5 Å². The van der Waals surface area contributed by atoms with Crippen LogP contribution < -0.4 is 9.47 Å². The summed E-state index contributed by atoms with van der Waals surface area (Å²) in [4.78, 5) is 24.6. The third kappa shape index (κ3) is 6.68. The van der Waals surface area contributed by atoms with E-state index in [1.165, 1.54) is 11.1 Å². The van der Waals surface area contributed by atoms with Crippen molar-refractivity contribution in [3.8, 4) is 11.5 Å². The Hall–Kier alpha value is -3.28. The average Bonchev–Trinajstić information content (AvgIpc) is 2.90. The van der Waals surface area contributed by atoms with Crippen LogP contribution in [-0.2, 0) is 31.9 Å². The predicted octanol–water partition coefficient (Wildman–Crippen LogP) is 6.56. The van der Waals surface area contributed by atoms with E-state index in [0.29, 0.717) is 24.7 Å². The van der Waals surface area contributed by atoms with Crippen LogP contribution in [0.15, 0.2) is 36.4 Å². The molecule has 194 valence electrons. The number of carbonyl (C=O) groups is 2. The minimum Gasteiger partial charge on any atom is -0.481 e. The lowest BCUT2D eigenvalue weighted by Gasteiger charge is -2.19. The Balaban J connectivity index is 2.06. The molecule has 0 N–H and O–H groups in total. The molecular weight excluding hydrogens is 456 g/mol. The lowest BCUT2D eigenvalue weighted by atomic mass is 9.93. The van der Waals surface area contributed by atoms with E-state index in [0.717, 1.165) is 60.1 Å². The van der Waals surface area contributed by atoms with Crippen LogP contribution >= 0.6 is 0 Å². The van der Waals surface area contributed by atoms with Gasteiger partial charge in [0.15, 0.2) is 13.2 Å². The molecule has 0 radical (unpaired) electrons. The Morgan fingerprint density at radius 1 is 0.639 bits per heavy atom. The molecule has 0 amide bonds. The van der Waals surface area contributed by atoms with E-state index in [1.807, 2.05) is 38.1 Å². The maximum atomic E-state index is 12.3. The van der Waals surface area contributed by atoms with Gasteiger partial charge in [-0.3, -0.25) is 0 Å². The van der Waals surface area contributed by atoms with Crippen LogP contribution in [0.1, 0.15) is 64.5 Å². The monoisotopic (exact) mass is 494 g/mol. The van der Waals surface area contributed by atoms with Gasteiger partial charge in [0, 0.05) is 21.5 Å². The average molecular weight is 495 g/mol. The van der Waals surface area contributed by atoms with Gasteiger partial charge in [0.1, 0.15) is 11.5 Å². The Morgan fingerprint density at radius 2 is 1.06 bits per heavy atom. The van der Waals surface area contributed by atoms with Crippen molar-refractivity contribution >= 4 is 33.5 Å². The van der Waals surface area contributed by atoms with Crippen molar-refractivity contribution in [2.24, 2.45) is 0 Å². The van der Waals surface area contributed by atoms with Crippen LogP contribution in [-0.4, -0.2) is 38.4 Å². The van der Waals surface area contributed by atoms with Gasteiger partial charge in [-0.05, 0) is 48.9 Å². The second-order valence-corrected chi connectivity index (χ2v) is 8.80. The number of hydrogen-bond acceptors (Lipinski definition) is 6. The molecular formula is C30H38O6. The first-order valence-electron chi connectivity index (χ1n) is 13.1. The summed E-state index contributed by atoms with van der Waals surface area (Å²) >= 11 is 0. The molecule has 0 aliphatic rings. The Morgan fingerprint density at radius 3 is 1.42 bits per heavy atom. The van der Waals surface area contributed by atoms with Crippen LogP contribution in [0.2, 0.25) is 0 Å². The van der Waals surface area contributed by atoms with Gasteiger partial charge in [-0.15, -0.1) is 0 Å². The highest BCUT2D eigenvalue weighted by molar-refractivity contribution is 6.11. The Bertz CT molecular complexity index is 1090. The molecule has 0 spiro atoms. The standard InChI is InChI=1S/C30H38O6/c1-5-9-15-33-27(31)19-35-29-23-13-11-12-14-24(23)30(36-20-28(32)34-16-10-6-2)26-18-22(8-4)21(7-3)17-25(26)29/h11-14,17-18H,5-10,15-16,19-20H2,1-4H3. The van der Waals surface area contributed by atoms with E-state index in [9.17, 15) is 9.59 Å². The van der Waals surface area contributed by atoms with Crippen LogP contribution in [0.3, 0.4) is 0 Å². The van der Waals surface area contributed by atoms with E-state index in [1.54, 1.807) is 0 Å². The maximum Gasteiger partial charge on any atom is 0.344 e. The molecule has 3 aromatic rings. The molecule has 0 fully saturated rings. The van der Waals surface area contributed by atoms with E-state index in [-0.39, 0.29) is 13.2 Å². The number of esters is 2. The predicted molar refractivity (Wildman–Crippen MR) is 143 cm³/mol. The second kappa shape index (κ2) is 13.7.